The topological polar surface area (TPSA) is 42.0 Å². The zero-order valence-corrected chi connectivity index (χ0v) is 20.2. The van der Waals surface area contributed by atoms with Gasteiger partial charge in [-0.3, -0.25) is 4.90 Å². The summed E-state index contributed by atoms with van der Waals surface area (Å²) >= 11 is 2.29. The predicted octanol–water partition coefficient (Wildman–Crippen LogP) is 4.97. The van der Waals surface area contributed by atoms with Crippen LogP contribution in [0.5, 0.6) is 5.75 Å². The van der Waals surface area contributed by atoms with Gasteiger partial charge in [0.15, 0.2) is 0 Å². The van der Waals surface area contributed by atoms with Crippen LogP contribution in [0.4, 0.5) is 4.79 Å². The van der Waals surface area contributed by atoms with E-state index in [1.165, 1.54) is 14.7 Å². The molecule has 0 aromatic heterocycles. The summed E-state index contributed by atoms with van der Waals surface area (Å²) in [5.41, 5.74) is 2.13. The van der Waals surface area contributed by atoms with E-state index in [2.05, 4.69) is 63.9 Å². The largest absolute Gasteiger partial charge is 0.493 e. The Labute approximate surface area is 193 Å². The standard InChI is InChI=1S/C24H31IN2O3/c1-24(2,3)30-23(28)27-15-13-26(14-16-27)18-20-6-4-19(5-7-20)12-17-29-22-10-8-21(25)9-11-22/h4-11H,12-18H2,1-3H3. The molecule has 1 heterocycles. The number of hydrogen-bond donors (Lipinski definition) is 0. The smallest absolute Gasteiger partial charge is 0.410 e. The van der Waals surface area contributed by atoms with Gasteiger partial charge in [0.05, 0.1) is 6.61 Å². The number of benzene rings is 2. The zero-order chi connectivity index (χ0) is 21.6. The Hall–Kier alpha value is -1.80. The minimum atomic E-state index is -0.444. The first kappa shape index (κ1) is 22.9. The molecule has 1 amide bonds. The maximum absolute atomic E-state index is 12.2. The molecule has 2 aromatic carbocycles. The van der Waals surface area contributed by atoms with Crippen LogP contribution in [0.1, 0.15) is 31.9 Å². The number of rotatable bonds is 6. The second-order valence-corrected chi connectivity index (χ2v) is 9.86. The minimum absolute atomic E-state index is 0.209. The van der Waals surface area contributed by atoms with E-state index in [-0.39, 0.29) is 6.09 Å². The summed E-state index contributed by atoms with van der Waals surface area (Å²) < 4.78 is 12.5. The van der Waals surface area contributed by atoms with Gasteiger partial charge in [-0.2, -0.15) is 0 Å². The Balaban J connectivity index is 1.39. The highest BCUT2D eigenvalue weighted by atomic mass is 127. The van der Waals surface area contributed by atoms with Crippen molar-refractivity contribution in [1.29, 1.82) is 0 Å². The molecule has 1 fully saturated rings. The Kier molecular flexibility index (Phi) is 7.99. The summed E-state index contributed by atoms with van der Waals surface area (Å²) in [6.07, 6.45) is 0.680. The van der Waals surface area contributed by atoms with Crippen molar-refractivity contribution in [2.75, 3.05) is 32.8 Å². The SMILES string of the molecule is CC(C)(C)OC(=O)N1CCN(Cc2ccc(CCOc3ccc(I)cc3)cc2)CC1. The molecular weight excluding hydrogens is 491 g/mol. The van der Waals surface area contributed by atoms with Crippen LogP contribution >= 0.6 is 22.6 Å². The van der Waals surface area contributed by atoms with Gasteiger partial charge < -0.3 is 14.4 Å². The van der Waals surface area contributed by atoms with E-state index in [1.807, 2.05) is 32.9 Å². The molecule has 162 valence electrons. The monoisotopic (exact) mass is 522 g/mol. The molecule has 0 saturated carbocycles. The highest BCUT2D eigenvalue weighted by molar-refractivity contribution is 14.1. The quantitative estimate of drug-likeness (QED) is 0.503. The number of piperazine rings is 1. The molecule has 5 nitrogen and oxygen atoms in total. The van der Waals surface area contributed by atoms with Gasteiger partial charge in [0.1, 0.15) is 11.4 Å². The van der Waals surface area contributed by atoms with Crippen LogP contribution in [-0.2, 0) is 17.7 Å². The lowest BCUT2D eigenvalue weighted by Gasteiger charge is -2.35. The molecule has 0 radical (unpaired) electrons. The lowest BCUT2D eigenvalue weighted by atomic mass is 10.1. The average Bonchev–Trinajstić information content (AvgIpc) is 2.70. The third kappa shape index (κ3) is 7.47. The molecule has 0 bridgehead atoms. The van der Waals surface area contributed by atoms with Crippen molar-refractivity contribution < 1.29 is 14.3 Å². The molecule has 3 rings (SSSR count). The van der Waals surface area contributed by atoms with Gasteiger partial charge >= 0.3 is 6.09 Å². The van der Waals surface area contributed by atoms with Crippen LogP contribution in [0.2, 0.25) is 0 Å². The van der Waals surface area contributed by atoms with Crippen LogP contribution in [0, 0.1) is 3.57 Å². The lowest BCUT2D eigenvalue weighted by molar-refractivity contribution is 0.0139. The second kappa shape index (κ2) is 10.5. The third-order valence-corrected chi connectivity index (χ3v) is 5.65. The molecule has 0 spiro atoms. The van der Waals surface area contributed by atoms with Crippen molar-refractivity contribution in [3.05, 3.63) is 63.2 Å². The summed E-state index contributed by atoms with van der Waals surface area (Å²) in [5, 5.41) is 0. The van der Waals surface area contributed by atoms with E-state index in [9.17, 15) is 4.79 Å². The van der Waals surface area contributed by atoms with Gasteiger partial charge in [-0.15, -0.1) is 0 Å². The highest BCUT2D eigenvalue weighted by Crippen LogP contribution is 2.16. The zero-order valence-electron chi connectivity index (χ0n) is 18.1. The molecule has 1 aliphatic rings. The van der Waals surface area contributed by atoms with E-state index >= 15 is 0 Å². The van der Waals surface area contributed by atoms with E-state index in [4.69, 9.17) is 9.47 Å². The fourth-order valence-electron chi connectivity index (χ4n) is 3.30. The first-order chi connectivity index (χ1) is 14.3. The molecular formula is C24H31IN2O3. The van der Waals surface area contributed by atoms with Crippen LogP contribution in [-0.4, -0.2) is 54.3 Å². The van der Waals surface area contributed by atoms with Gasteiger partial charge in [-0.05, 0) is 78.8 Å². The van der Waals surface area contributed by atoms with E-state index < -0.39 is 5.60 Å². The lowest BCUT2D eigenvalue weighted by Crippen LogP contribution is -2.49. The molecule has 0 N–H and O–H groups in total. The molecule has 2 aromatic rings. The number of ether oxygens (including phenoxy) is 2. The summed E-state index contributed by atoms with van der Waals surface area (Å²) in [5.74, 6) is 0.914. The van der Waals surface area contributed by atoms with E-state index in [1.54, 1.807) is 4.90 Å². The van der Waals surface area contributed by atoms with Crippen LogP contribution < -0.4 is 4.74 Å². The first-order valence-corrected chi connectivity index (χ1v) is 11.5. The Morgan fingerprint density at radius 1 is 0.933 bits per heavy atom. The highest BCUT2D eigenvalue weighted by Gasteiger charge is 2.25. The fourth-order valence-corrected chi connectivity index (χ4v) is 3.66. The van der Waals surface area contributed by atoms with Gasteiger partial charge in [-0.25, -0.2) is 4.79 Å². The molecule has 1 saturated heterocycles. The second-order valence-electron chi connectivity index (χ2n) is 8.61. The molecule has 0 unspecified atom stereocenters. The van der Waals surface area contributed by atoms with E-state index in [0.717, 1.165) is 31.8 Å². The Morgan fingerprint density at radius 3 is 2.13 bits per heavy atom. The third-order valence-electron chi connectivity index (χ3n) is 4.93. The Morgan fingerprint density at radius 2 is 1.53 bits per heavy atom. The maximum Gasteiger partial charge on any atom is 0.410 e. The predicted molar refractivity (Wildman–Crippen MR) is 128 cm³/mol. The first-order valence-electron chi connectivity index (χ1n) is 10.4. The summed E-state index contributed by atoms with van der Waals surface area (Å²) in [4.78, 5) is 16.4. The Bertz CT molecular complexity index is 808. The number of amides is 1. The normalized spacial score (nSPS) is 15.1. The molecule has 0 aliphatic carbocycles. The van der Waals surface area contributed by atoms with Gasteiger partial charge in [0.25, 0.3) is 0 Å². The van der Waals surface area contributed by atoms with E-state index in [0.29, 0.717) is 19.7 Å². The molecule has 1 aliphatic heterocycles. The van der Waals surface area contributed by atoms with Crippen molar-refractivity contribution in [3.63, 3.8) is 0 Å². The summed E-state index contributed by atoms with van der Waals surface area (Å²) in [7, 11) is 0. The summed E-state index contributed by atoms with van der Waals surface area (Å²) in [6.45, 7) is 10.4. The molecule has 6 heteroatoms. The minimum Gasteiger partial charge on any atom is -0.493 e. The number of nitrogens with zero attached hydrogens (tertiary/aromatic N) is 2. The van der Waals surface area contributed by atoms with Crippen LogP contribution in [0.15, 0.2) is 48.5 Å². The fraction of sp³-hybridized carbons (Fsp3) is 0.458. The van der Waals surface area contributed by atoms with Crippen molar-refractivity contribution in [2.45, 2.75) is 39.3 Å². The number of halogens is 1. The number of carbonyl (C=O) groups excluding carboxylic acids is 1. The number of carbonyl (C=O) groups is 1. The van der Waals surface area contributed by atoms with Gasteiger partial charge in [0, 0.05) is 42.7 Å². The van der Waals surface area contributed by atoms with Crippen molar-refractivity contribution in [1.82, 2.24) is 9.80 Å². The number of hydrogen-bond acceptors (Lipinski definition) is 4. The summed E-state index contributed by atoms with van der Waals surface area (Å²) in [6, 6.07) is 16.9. The average molecular weight is 522 g/mol. The van der Waals surface area contributed by atoms with Crippen molar-refractivity contribution >= 4 is 28.7 Å². The molecule has 30 heavy (non-hydrogen) atoms. The van der Waals surface area contributed by atoms with Crippen LogP contribution in [0.3, 0.4) is 0 Å². The van der Waals surface area contributed by atoms with Gasteiger partial charge in [-0.1, -0.05) is 24.3 Å². The van der Waals surface area contributed by atoms with Crippen molar-refractivity contribution in [3.8, 4) is 5.75 Å². The van der Waals surface area contributed by atoms with Crippen LogP contribution in [0.25, 0.3) is 0 Å². The maximum atomic E-state index is 12.2. The molecule has 0 atom stereocenters. The van der Waals surface area contributed by atoms with Crippen molar-refractivity contribution in [2.24, 2.45) is 0 Å². The van der Waals surface area contributed by atoms with Gasteiger partial charge in [0.2, 0.25) is 0 Å².